The lowest BCUT2D eigenvalue weighted by atomic mass is 10.1. The Balaban J connectivity index is 4.04. The molecule has 0 rings (SSSR count). The molecule has 0 bridgehead atoms. The number of rotatable bonds is 3. The number of nitrogens with zero attached hydrogens (tertiary/aromatic N) is 3. The predicted octanol–water partition coefficient (Wildman–Crippen LogP) is 2.49. The Bertz CT molecular complexity index is 136. The third kappa shape index (κ3) is 3.33. The highest BCUT2D eigenvalue weighted by Gasteiger charge is 2.00. The molecule has 0 fully saturated rings. The zero-order valence-corrected chi connectivity index (χ0v) is 7.13. The van der Waals surface area contributed by atoms with Crippen molar-refractivity contribution >= 4 is 5.71 Å². The molecule has 0 aliphatic carbocycles. The van der Waals surface area contributed by atoms with Gasteiger partial charge in [0.15, 0.2) is 0 Å². The summed E-state index contributed by atoms with van der Waals surface area (Å²) in [4.78, 5) is 0. The average Bonchev–Trinajstić information content (AvgIpc) is 1.89. The standard InChI is InChI=1S/C7H15N3/c1-5-7(6(2)3)9-10-8-4/h6H,5H2,1-4H3/b9-7+,10-8?. The van der Waals surface area contributed by atoms with E-state index in [1.165, 1.54) is 0 Å². The van der Waals surface area contributed by atoms with Crippen LogP contribution in [0.25, 0.3) is 0 Å². The van der Waals surface area contributed by atoms with Gasteiger partial charge in [-0.3, -0.25) is 0 Å². The van der Waals surface area contributed by atoms with Gasteiger partial charge in [0.25, 0.3) is 0 Å². The molecule has 0 atom stereocenters. The van der Waals surface area contributed by atoms with E-state index in [2.05, 4.69) is 36.2 Å². The first-order chi connectivity index (χ1) is 4.72. The van der Waals surface area contributed by atoms with E-state index in [1.54, 1.807) is 7.05 Å². The Morgan fingerprint density at radius 3 is 2.30 bits per heavy atom. The van der Waals surface area contributed by atoms with Crippen LogP contribution in [0.1, 0.15) is 27.2 Å². The molecule has 0 amide bonds. The molecule has 0 unspecified atom stereocenters. The van der Waals surface area contributed by atoms with Crippen molar-refractivity contribution in [3.8, 4) is 0 Å². The van der Waals surface area contributed by atoms with E-state index in [0.717, 1.165) is 12.1 Å². The number of hydrogen-bond donors (Lipinski definition) is 0. The Kier molecular flexibility index (Phi) is 4.72. The van der Waals surface area contributed by atoms with Gasteiger partial charge in [0.05, 0.1) is 7.05 Å². The van der Waals surface area contributed by atoms with Gasteiger partial charge < -0.3 is 0 Å². The van der Waals surface area contributed by atoms with Gasteiger partial charge in [-0.25, -0.2) is 0 Å². The summed E-state index contributed by atoms with van der Waals surface area (Å²) >= 11 is 0. The Hall–Kier alpha value is -0.730. The summed E-state index contributed by atoms with van der Waals surface area (Å²) < 4.78 is 0. The van der Waals surface area contributed by atoms with Gasteiger partial charge in [0, 0.05) is 5.71 Å². The lowest BCUT2D eigenvalue weighted by molar-refractivity contribution is 0.837. The molecule has 0 saturated heterocycles. The van der Waals surface area contributed by atoms with Crippen molar-refractivity contribution in [1.82, 2.24) is 0 Å². The minimum absolute atomic E-state index is 0.482. The fraction of sp³-hybridized carbons (Fsp3) is 0.857. The molecule has 3 heteroatoms. The Labute approximate surface area is 62.2 Å². The van der Waals surface area contributed by atoms with Gasteiger partial charge in [-0.1, -0.05) is 20.8 Å². The maximum absolute atomic E-state index is 3.94. The first-order valence-corrected chi connectivity index (χ1v) is 3.57. The predicted molar refractivity (Wildman–Crippen MR) is 43.3 cm³/mol. The van der Waals surface area contributed by atoms with Crippen molar-refractivity contribution in [3.63, 3.8) is 0 Å². The van der Waals surface area contributed by atoms with Gasteiger partial charge in [-0.05, 0) is 17.6 Å². The zero-order chi connectivity index (χ0) is 7.98. The lowest BCUT2D eigenvalue weighted by Crippen LogP contribution is -2.04. The maximum Gasteiger partial charge on any atom is 0.0509 e. The molecule has 0 saturated carbocycles. The fourth-order valence-corrected chi connectivity index (χ4v) is 0.697. The summed E-state index contributed by atoms with van der Waals surface area (Å²) in [6, 6.07) is 0. The molecule has 0 aromatic rings. The molecular formula is C7H15N3. The van der Waals surface area contributed by atoms with E-state index < -0.39 is 0 Å². The molecular weight excluding hydrogens is 126 g/mol. The molecule has 58 valence electrons. The zero-order valence-electron chi connectivity index (χ0n) is 7.13. The quantitative estimate of drug-likeness (QED) is 0.329. The highest BCUT2D eigenvalue weighted by atomic mass is 15.4. The first-order valence-electron chi connectivity index (χ1n) is 3.57. The van der Waals surface area contributed by atoms with Crippen LogP contribution < -0.4 is 0 Å². The van der Waals surface area contributed by atoms with Crippen molar-refractivity contribution in [2.45, 2.75) is 27.2 Å². The van der Waals surface area contributed by atoms with Crippen LogP contribution >= 0.6 is 0 Å². The van der Waals surface area contributed by atoms with Gasteiger partial charge in [0.1, 0.15) is 0 Å². The lowest BCUT2D eigenvalue weighted by Gasteiger charge is -2.02. The van der Waals surface area contributed by atoms with Crippen molar-refractivity contribution < 1.29 is 0 Å². The van der Waals surface area contributed by atoms with Crippen molar-refractivity contribution in [1.29, 1.82) is 0 Å². The third-order valence-corrected chi connectivity index (χ3v) is 1.29. The molecule has 0 spiro atoms. The Morgan fingerprint density at radius 2 is 2.00 bits per heavy atom. The van der Waals surface area contributed by atoms with Crippen LogP contribution in [0.15, 0.2) is 15.4 Å². The second-order valence-electron chi connectivity index (χ2n) is 2.39. The van der Waals surface area contributed by atoms with Crippen molar-refractivity contribution in [2.24, 2.45) is 21.4 Å². The van der Waals surface area contributed by atoms with E-state index in [-0.39, 0.29) is 0 Å². The van der Waals surface area contributed by atoms with E-state index >= 15 is 0 Å². The van der Waals surface area contributed by atoms with Crippen LogP contribution in [0.3, 0.4) is 0 Å². The van der Waals surface area contributed by atoms with E-state index in [0.29, 0.717) is 5.92 Å². The maximum atomic E-state index is 3.94. The molecule has 0 aromatic carbocycles. The molecule has 0 N–H and O–H groups in total. The highest BCUT2D eigenvalue weighted by Crippen LogP contribution is 2.01. The van der Waals surface area contributed by atoms with Gasteiger partial charge in [-0.15, -0.1) is 5.10 Å². The van der Waals surface area contributed by atoms with Gasteiger partial charge in [0.2, 0.25) is 0 Å². The highest BCUT2D eigenvalue weighted by molar-refractivity contribution is 5.85. The third-order valence-electron chi connectivity index (χ3n) is 1.29. The summed E-state index contributed by atoms with van der Waals surface area (Å²) in [5, 5.41) is 11.1. The van der Waals surface area contributed by atoms with Crippen molar-refractivity contribution in [2.75, 3.05) is 7.05 Å². The topological polar surface area (TPSA) is 37.1 Å². The van der Waals surface area contributed by atoms with E-state index in [9.17, 15) is 0 Å². The summed E-state index contributed by atoms with van der Waals surface area (Å²) in [6.07, 6.45) is 0.955. The Morgan fingerprint density at radius 1 is 1.40 bits per heavy atom. The summed E-state index contributed by atoms with van der Waals surface area (Å²) in [7, 11) is 1.62. The van der Waals surface area contributed by atoms with Crippen LogP contribution in [0.2, 0.25) is 0 Å². The first kappa shape index (κ1) is 9.27. The molecule has 3 nitrogen and oxygen atoms in total. The minimum atomic E-state index is 0.482. The average molecular weight is 141 g/mol. The van der Waals surface area contributed by atoms with Crippen molar-refractivity contribution in [3.05, 3.63) is 0 Å². The molecule has 0 aliphatic heterocycles. The van der Waals surface area contributed by atoms with Crippen LogP contribution in [-0.4, -0.2) is 12.8 Å². The minimum Gasteiger partial charge on any atom is -0.172 e. The molecule has 0 aromatic heterocycles. The smallest absolute Gasteiger partial charge is 0.0509 e. The largest absolute Gasteiger partial charge is 0.172 e. The van der Waals surface area contributed by atoms with Crippen LogP contribution in [0.4, 0.5) is 0 Å². The second-order valence-corrected chi connectivity index (χ2v) is 2.39. The van der Waals surface area contributed by atoms with Gasteiger partial charge in [-0.2, -0.15) is 5.11 Å². The molecule has 0 heterocycles. The van der Waals surface area contributed by atoms with E-state index in [4.69, 9.17) is 0 Å². The summed E-state index contributed by atoms with van der Waals surface area (Å²) in [6.45, 7) is 6.28. The molecule has 0 aliphatic rings. The second kappa shape index (κ2) is 5.09. The molecule has 0 radical (unpaired) electrons. The number of hydrogen-bond acceptors (Lipinski definition) is 2. The monoisotopic (exact) mass is 141 g/mol. The molecule has 10 heavy (non-hydrogen) atoms. The fourth-order valence-electron chi connectivity index (χ4n) is 0.697. The normalized spacial score (nSPS) is 13.5. The van der Waals surface area contributed by atoms with Crippen LogP contribution in [0.5, 0.6) is 0 Å². The van der Waals surface area contributed by atoms with Gasteiger partial charge >= 0.3 is 0 Å². The van der Waals surface area contributed by atoms with Crippen LogP contribution in [0, 0.1) is 5.92 Å². The SMILES string of the molecule is CC/C(=N\N=NC)C(C)C. The van der Waals surface area contributed by atoms with Crippen LogP contribution in [-0.2, 0) is 0 Å². The summed E-state index contributed by atoms with van der Waals surface area (Å²) in [5.41, 5.74) is 1.10. The summed E-state index contributed by atoms with van der Waals surface area (Å²) in [5.74, 6) is 0.482. The van der Waals surface area contributed by atoms with E-state index in [1.807, 2.05) is 0 Å².